The normalized spacial score (nSPS) is 10.5. The van der Waals surface area contributed by atoms with E-state index in [1.165, 1.54) is 7.11 Å². The summed E-state index contributed by atoms with van der Waals surface area (Å²) in [4.78, 5) is 3.59. The first kappa shape index (κ1) is 9.77. The monoisotopic (exact) mass is 185 g/mol. The minimum Gasteiger partial charge on any atom is -0.503 e. The number of pyridine rings is 1. The van der Waals surface area contributed by atoms with Crippen LogP contribution in [0.1, 0.15) is 25.3 Å². The molecule has 0 aromatic carbocycles. The first-order valence-electron chi connectivity index (χ1n) is 3.99. The highest BCUT2D eigenvalue weighted by Gasteiger charge is 2.17. The van der Waals surface area contributed by atoms with Crippen molar-refractivity contribution in [1.29, 1.82) is 0 Å². The van der Waals surface area contributed by atoms with E-state index >= 15 is 0 Å². The van der Waals surface area contributed by atoms with Crippen LogP contribution in [0.2, 0.25) is 0 Å². The van der Waals surface area contributed by atoms with E-state index in [0.717, 1.165) is 6.20 Å². The van der Waals surface area contributed by atoms with E-state index in [4.69, 9.17) is 4.74 Å². The van der Waals surface area contributed by atoms with Crippen molar-refractivity contribution in [2.45, 2.75) is 19.8 Å². The molecule has 0 saturated carbocycles. The van der Waals surface area contributed by atoms with Gasteiger partial charge in [0, 0.05) is 5.56 Å². The summed E-state index contributed by atoms with van der Waals surface area (Å²) in [7, 11) is 1.38. The maximum Gasteiger partial charge on any atom is 0.256 e. The molecule has 0 fully saturated rings. The van der Waals surface area contributed by atoms with E-state index in [9.17, 15) is 9.50 Å². The first-order valence-corrected chi connectivity index (χ1v) is 3.99. The molecular weight excluding hydrogens is 173 g/mol. The van der Waals surface area contributed by atoms with Gasteiger partial charge >= 0.3 is 0 Å². The predicted octanol–water partition coefficient (Wildman–Crippen LogP) is 2.06. The second-order valence-electron chi connectivity index (χ2n) is 3.03. The molecule has 1 rings (SSSR count). The van der Waals surface area contributed by atoms with Crippen LogP contribution in [0.15, 0.2) is 6.20 Å². The second-order valence-corrected chi connectivity index (χ2v) is 3.03. The molecule has 1 aromatic rings. The van der Waals surface area contributed by atoms with Gasteiger partial charge in [-0.05, 0) is 5.92 Å². The summed E-state index contributed by atoms with van der Waals surface area (Å²) in [5, 5.41) is 9.51. The number of ether oxygens (including phenoxy) is 1. The minimum atomic E-state index is -0.506. The third kappa shape index (κ3) is 1.71. The van der Waals surface area contributed by atoms with Crippen LogP contribution in [0.25, 0.3) is 0 Å². The summed E-state index contributed by atoms with van der Waals surface area (Å²) in [6.07, 6.45) is 1.05. The highest BCUT2D eigenvalue weighted by Crippen LogP contribution is 2.33. The lowest BCUT2D eigenvalue weighted by molar-refractivity contribution is 0.350. The standard InChI is InChI=1S/C9H12FNO2/c1-5(2)7-6(10)4-11-9(13-3)8(7)12/h4-5,12H,1-3H3. The summed E-state index contributed by atoms with van der Waals surface area (Å²) in [5.74, 6) is -0.757. The van der Waals surface area contributed by atoms with E-state index in [1.807, 2.05) is 0 Å². The van der Waals surface area contributed by atoms with Gasteiger partial charge in [-0.2, -0.15) is 0 Å². The fourth-order valence-electron chi connectivity index (χ4n) is 1.17. The zero-order chi connectivity index (χ0) is 10.0. The van der Waals surface area contributed by atoms with Crippen LogP contribution in [0.4, 0.5) is 4.39 Å². The lowest BCUT2D eigenvalue weighted by atomic mass is 10.0. The highest BCUT2D eigenvalue weighted by atomic mass is 19.1. The Bertz CT molecular complexity index is 313. The number of hydrogen-bond donors (Lipinski definition) is 1. The number of methoxy groups -OCH3 is 1. The molecule has 0 saturated heterocycles. The number of nitrogens with zero attached hydrogens (tertiary/aromatic N) is 1. The summed E-state index contributed by atoms with van der Waals surface area (Å²) in [5.41, 5.74) is 0.242. The molecule has 0 aliphatic rings. The largest absolute Gasteiger partial charge is 0.503 e. The van der Waals surface area contributed by atoms with Crippen molar-refractivity contribution >= 4 is 0 Å². The average molecular weight is 185 g/mol. The van der Waals surface area contributed by atoms with Crippen LogP contribution in [0.3, 0.4) is 0 Å². The van der Waals surface area contributed by atoms with Gasteiger partial charge in [-0.3, -0.25) is 0 Å². The summed E-state index contributed by atoms with van der Waals surface area (Å²) < 4.78 is 17.9. The van der Waals surface area contributed by atoms with Crippen molar-refractivity contribution in [1.82, 2.24) is 4.98 Å². The van der Waals surface area contributed by atoms with Crippen molar-refractivity contribution in [3.63, 3.8) is 0 Å². The predicted molar refractivity (Wildman–Crippen MR) is 46.5 cm³/mol. The van der Waals surface area contributed by atoms with Gasteiger partial charge in [0.15, 0.2) is 5.75 Å². The number of aromatic hydroxyl groups is 1. The Balaban J connectivity index is 3.30. The lowest BCUT2D eigenvalue weighted by Crippen LogP contribution is -1.98. The van der Waals surface area contributed by atoms with Crippen LogP contribution in [-0.2, 0) is 0 Å². The molecular formula is C9H12FNO2. The van der Waals surface area contributed by atoms with E-state index in [-0.39, 0.29) is 23.1 Å². The van der Waals surface area contributed by atoms with Gasteiger partial charge < -0.3 is 9.84 Å². The van der Waals surface area contributed by atoms with Gasteiger partial charge in [-0.15, -0.1) is 0 Å². The SMILES string of the molecule is COc1ncc(F)c(C(C)C)c1O. The van der Waals surface area contributed by atoms with Gasteiger partial charge in [0.2, 0.25) is 0 Å². The molecule has 1 aromatic heterocycles. The van der Waals surface area contributed by atoms with Crippen LogP contribution in [0.5, 0.6) is 11.6 Å². The third-order valence-corrected chi connectivity index (χ3v) is 1.78. The smallest absolute Gasteiger partial charge is 0.256 e. The Kier molecular flexibility index (Phi) is 2.70. The first-order chi connectivity index (χ1) is 6.07. The topological polar surface area (TPSA) is 42.4 Å². The number of rotatable bonds is 2. The number of hydrogen-bond acceptors (Lipinski definition) is 3. The van der Waals surface area contributed by atoms with Gasteiger partial charge in [0.1, 0.15) is 5.82 Å². The quantitative estimate of drug-likeness (QED) is 0.766. The van der Waals surface area contributed by atoms with Gasteiger partial charge in [-0.1, -0.05) is 13.8 Å². The lowest BCUT2D eigenvalue weighted by Gasteiger charge is -2.11. The molecule has 0 amide bonds. The molecule has 0 aliphatic heterocycles. The molecule has 72 valence electrons. The molecule has 0 bridgehead atoms. The van der Waals surface area contributed by atoms with Crippen LogP contribution in [0, 0.1) is 5.82 Å². The number of halogens is 1. The van der Waals surface area contributed by atoms with E-state index in [2.05, 4.69) is 4.98 Å². The molecule has 0 spiro atoms. The van der Waals surface area contributed by atoms with E-state index in [1.54, 1.807) is 13.8 Å². The van der Waals surface area contributed by atoms with Crippen molar-refractivity contribution in [3.05, 3.63) is 17.6 Å². The highest BCUT2D eigenvalue weighted by molar-refractivity contribution is 5.42. The van der Waals surface area contributed by atoms with Crippen molar-refractivity contribution < 1.29 is 14.2 Å². The molecule has 1 heterocycles. The Morgan fingerprint density at radius 1 is 1.54 bits per heavy atom. The molecule has 1 N–H and O–H groups in total. The molecule has 13 heavy (non-hydrogen) atoms. The van der Waals surface area contributed by atoms with Gasteiger partial charge in [0.25, 0.3) is 5.88 Å². The summed E-state index contributed by atoms with van der Waals surface area (Å²) >= 11 is 0. The summed E-state index contributed by atoms with van der Waals surface area (Å²) in [6.45, 7) is 3.58. The third-order valence-electron chi connectivity index (χ3n) is 1.78. The average Bonchev–Trinajstić information content (AvgIpc) is 2.04. The van der Waals surface area contributed by atoms with Crippen LogP contribution >= 0.6 is 0 Å². The number of aromatic nitrogens is 1. The molecule has 0 atom stereocenters. The fourth-order valence-corrected chi connectivity index (χ4v) is 1.17. The Hall–Kier alpha value is -1.32. The maximum absolute atomic E-state index is 13.1. The minimum absolute atomic E-state index is 0.0603. The van der Waals surface area contributed by atoms with Crippen molar-refractivity contribution in [2.75, 3.05) is 7.11 Å². The van der Waals surface area contributed by atoms with Crippen LogP contribution < -0.4 is 4.74 Å². The zero-order valence-electron chi connectivity index (χ0n) is 7.84. The van der Waals surface area contributed by atoms with Crippen LogP contribution in [-0.4, -0.2) is 17.2 Å². The van der Waals surface area contributed by atoms with E-state index < -0.39 is 5.82 Å². The van der Waals surface area contributed by atoms with Crippen molar-refractivity contribution in [2.24, 2.45) is 0 Å². The Morgan fingerprint density at radius 3 is 2.62 bits per heavy atom. The summed E-state index contributed by atoms with van der Waals surface area (Å²) in [6, 6.07) is 0. The van der Waals surface area contributed by atoms with E-state index in [0.29, 0.717) is 0 Å². The fraction of sp³-hybridized carbons (Fsp3) is 0.444. The van der Waals surface area contributed by atoms with Crippen molar-refractivity contribution in [3.8, 4) is 11.6 Å². The molecule has 4 heteroatoms. The second kappa shape index (κ2) is 3.60. The molecule has 0 unspecified atom stereocenters. The van der Waals surface area contributed by atoms with Gasteiger partial charge in [-0.25, -0.2) is 9.37 Å². The Morgan fingerprint density at radius 2 is 2.15 bits per heavy atom. The molecule has 3 nitrogen and oxygen atoms in total. The van der Waals surface area contributed by atoms with Gasteiger partial charge in [0.05, 0.1) is 13.3 Å². The molecule has 0 aliphatic carbocycles. The molecule has 0 radical (unpaired) electrons. The maximum atomic E-state index is 13.1. The Labute approximate surface area is 76.2 Å². The zero-order valence-corrected chi connectivity index (χ0v) is 7.84.